The Bertz CT molecular complexity index is 212. The first-order chi connectivity index (χ1) is 7.65. The van der Waals surface area contributed by atoms with E-state index >= 15 is 0 Å². The maximum atomic E-state index is 11.7. The van der Waals surface area contributed by atoms with Crippen LogP contribution in [0.4, 0.5) is 0 Å². The average Bonchev–Trinajstić information content (AvgIpc) is 2.79. The van der Waals surface area contributed by atoms with Crippen molar-refractivity contribution in [1.29, 1.82) is 0 Å². The summed E-state index contributed by atoms with van der Waals surface area (Å²) in [6.07, 6.45) is 6.34. The van der Waals surface area contributed by atoms with Crippen LogP contribution in [-0.2, 0) is 4.79 Å². The minimum absolute atomic E-state index is 0.0675. The third kappa shape index (κ3) is 4.12. The smallest absolute Gasteiger partial charge is 0.236 e. The third-order valence-electron chi connectivity index (χ3n) is 3.56. The van der Waals surface area contributed by atoms with E-state index in [4.69, 9.17) is 0 Å². The van der Waals surface area contributed by atoms with Crippen LogP contribution in [0, 0.1) is 5.92 Å². The predicted octanol–water partition coefficient (Wildman–Crippen LogP) is 2.07. The number of hydrogen-bond donors (Lipinski definition) is 2. The van der Waals surface area contributed by atoms with E-state index in [1.54, 1.807) is 0 Å². The topological polar surface area (TPSA) is 41.1 Å². The van der Waals surface area contributed by atoms with Crippen molar-refractivity contribution in [2.24, 2.45) is 5.92 Å². The van der Waals surface area contributed by atoms with E-state index in [9.17, 15) is 4.79 Å². The van der Waals surface area contributed by atoms with Gasteiger partial charge in [0.15, 0.2) is 0 Å². The number of carbonyl (C=O) groups excluding carboxylic acids is 1. The Balaban J connectivity index is 2.26. The molecule has 0 aliphatic heterocycles. The molecule has 0 heterocycles. The summed E-state index contributed by atoms with van der Waals surface area (Å²) in [4.78, 5) is 11.7. The molecule has 1 fully saturated rings. The molecule has 1 saturated carbocycles. The van der Waals surface area contributed by atoms with Crippen molar-refractivity contribution in [3.8, 4) is 0 Å². The van der Waals surface area contributed by atoms with Gasteiger partial charge in [-0.05, 0) is 39.0 Å². The monoisotopic (exact) mass is 226 g/mol. The highest BCUT2D eigenvalue weighted by molar-refractivity contribution is 5.81. The van der Waals surface area contributed by atoms with Crippen molar-refractivity contribution in [2.45, 2.75) is 65.0 Å². The lowest BCUT2D eigenvalue weighted by Gasteiger charge is -2.24. The highest BCUT2D eigenvalue weighted by Gasteiger charge is 2.24. The van der Waals surface area contributed by atoms with Crippen LogP contribution >= 0.6 is 0 Å². The first kappa shape index (κ1) is 13.5. The van der Waals surface area contributed by atoms with Crippen molar-refractivity contribution in [2.75, 3.05) is 6.54 Å². The summed E-state index contributed by atoms with van der Waals surface area (Å²) >= 11 is 0. The summed E-state index contributed by atoms with van der Waals surface area (Å²) < 4.78 is 0. The van der Waals surface area contributed by atoms with Gasteiger partial charge in [-0.1, -0.05) is 19.8 Å². The fraction of sp³-hybridized carbons (Fsp3) is 0.923. The van der Waals surface area contributed by atoms with E-state index in [1.165, 1.54) is 25.7 Å². The van der Waals surface area contributed by atoms with Gasteiger partial charge in [0, 0.05) is 12.6 Å². The molecule has 2 N–H and O–H groups in total. The van der Waals surface area contributed by atoms with Crippen molar-refractivity contribution in [1.82, 2.24) is 10.6 Å². The number of carbonyl (C=O) groups is 1. The molecular weight excluding hydrogens is 200 g/mol. The molecule has 94 valence electrons. The maximum Gasteiger partial charge on any atom is 0.236 e. The Hall–Kier alpha value is -0.570. The molecule has 2 atom stereocenters. The van der Waals surface area contributed by atoms with Crippen molar-refractivity contribution in [3.05, 3.63) is 0 Å². The fourth-order valence-corrected chi connectivity index (χ4v) is 2.46. The molecule has 16 heavy (non-hydrogen) atoms. The molecule has 0 spiro atoms. The lowest BCUT2D eigenvalue weighted by molar-refractivity contribution is -0.123. The molecule has 1 aliphatic rings. The standard InChI is InChI=1S/C13H26N2O/c1-4-9-14-13(16)11(3)15-10(2)12-7-5-6-8-12/h10-12,15H,4-9H2,1-3H3,(H,14,16). The van der Waals surface area contributed by atoms with Crippen LogP contribution in [-0.4, -0.2) is 24.5 Å². The van der Waals surface area contributed by atoms with Gasteiger partial charge in [0.2, 0.25) is 5.91 Å². The van der Waals surface area contributed by atoms with E-state index in [-0.39, 0.29) is 11.9 Å². The predicted molar refractivity (Wildman–Crippen MR) is 67.3 cm³/mol. The summed E-state index contributed by atoms with van der Waals surface area (Å²) in [6, 6.07) is 0.395. The molecule has 3 heteroatoms. The number of amides is 1. The first-order valence-corrected chi connectivity index (χ1v) is 6.69. The van der Waals surface area contributed by atoms with E-state index in [0.29, 0.717) is 6.04 Å². The summed E-state index contributed by atoms with van der Waals surface area (Å²) in [7, 11) is 0. The molecule has 2 unspecified atom stereocenters. The van der Waals surface area contributed by atoms with Gasteiger partial charge in [-0.25, -0.2) is 0 Å². The van der Waals surface area contributed by atoms with Gasteiger partial charge >= 0.3 is 0 Å². The molecule has 1 amide bonds. The zero-order valence-corrected chi connectivity index (χ0v) is 10.9. The maximum absolute atomic E-state index is 11.7. The summed E-state index contributed by atoms with van der Waals surface area (Å²) in [5, 5.41) is 6.35. The second kappa shape index (κ2) is 6.89. The highest BCUT2D eigenvalue weighted by Crippen LogP contribution is 2.27. The van der Waals surface area contributed by atoms with Gasteiger partial charge in [0.05, 0.1) is 6.04 Å². The SMILES string of the molecule is CCCNC(=O)C(C)NC(C)C1CCCC1. The summed E-state index contributed by atoms with van der Waals surface area (Å²) in [5.74, 6) is 0.896. The number of nitrogens with one attached hydrogen (secondary N) is 2. The van der Waals surface area contributed by atoms with Crippen LogP contribution in [0.15, 0.2) is 0 Å². The normalized spacial score (nSPS) is 20.7. The van der Waals surface area contributed by atoms with Crippen molar-refractivity contribution < 1.29 is 4.79 Å². The zero-order chi connectivity index (χ0) is 12.0. The van der Waals surface area contributed by atoms with Crippen LogP contribution in [0.3, 0.4) is 0 Å². The fourth-order valence-electron chi connectivity index (χ4n) is 2.46. The van der Waals surface area contributed by atoms with Crippen LogP contribution in [0.1, 0.15) is 52.9 Å². The molecule has 0 aromatic heterocycles. The molecule has 0 saturated heterocycles. The van der Waals surface area contributed by atoms with Crippen molar-refractivity contribution in [3.63, 3.8) is 0 Å². The van der Waals surface area contributed by atoms with Gasteiger partial charge in [-0.2, -0.15) is 0 Å². The molecule has 0 radical (unpaired) electrons. The van der Waals surface area contributed by atoms with Crippen LogP contribution in [0.25, 0.3) is 0 Å². The molecule has 0 aromatic carbocycles. The third-order valence-corrected chi connectivity index (χ3v) is 3.56. The highest BCUT2D eigenvalue weighted by atomic mass is 16.2. The zero-order valence-electron chi connectivity index (χ0n) is 10.9. The molecule has 3 nitrogen and oxygen atoms in total. The average molecular weight is 226 g/mol. The Morgan fingerprint density at radius 2 is 1.94 bits per heavy atom. The van der Waals surface area contributed by atoms with Gasteiger partial charge in [0.1, 0.15) is 0 Å². The molecule has 0 bridgehead atoms. The first-order valence-electron chi connectivity index (χ1n) is 6.69. The van der Waals surface area contributed by atoms with Crippen LogP contribution in [0.5, 0.6) is 0 Å². The van der Waals surface area contributed by atoms with Gasteiger partial charge in [-0.15, -0.1) is 0 Å². The van der Waals surface area contributed by atoms with Crippen molar-refractivity contribution >= 4 is 5.91 Å². The van der Waals surface area contributed by atoms with Crippen LogP contribution in [0.2, 0.25) is 0 Å². The van der Waals surface area contributed by atoms with Gasteiger partial charge < -0.3 is 10.6 Å². The lowest BCUT2D eigenvalue weighted by atomic mass is 9.99. The van der Waals surface area contributed by atoms with E-state index in [1.807, 2.05) is 6.92 Å². The Kier molecular flexibility index (Phi) is 5.81. The minimum Gasteiger partial charge on any atom is -0.355 e. The minimum atomic E-state index is -0.0675. The molecule has 1 rings (SSSR count). The number of hydrogen-bond acceptors (Lipinski definition) is 2. The second-order valence-electron chi connectivity index (χ2n) is 5.01. The molecule has 1 aliphatic carbocycles. The quantitative estimate of drug-likeness (QED) is 0.728. The second-order valence-corrected chi connectivity index (χ2v) is 5.01. The van der Waals surface area contributed by atoms with E-state index in [0.717, 1.165) is 18.9 Å². The Morgan fingerprint density at radius 1 is 1.31 bits per heavy atom. The summed E-state index contributed by atoms with van der Waals surface area (Å²) in [6.45, 7) is 7.01. The van der Waals surface area contributed by atoms with E-state index < -0.39 is 0 Å². The molecular formula is C13H26N2O. The van der Waals surface area contributed by atoms with Crippen LogP contribution < -0.4 is 10.6 Å². The summed E-state index contributed by atoms with van der Waals surface area (Å²) in [5.41, 5.74) is 0. The Morgan fingerprint density at radius 3 is 2.50 bits per heavy atom. The van der Waals surface area contributed by atoms with E-state index in [2.05, 4.69) is 24.5 Å². The molecule has 0 aromatic rings. The lowest BCUT2D eigenvalue weighted by Crippen LogP contribution is -2.47. The Labute approximate surface area is 99.4 Å². The largest absolute Gasteiger partial charge is 0.355 e. The number of rotatable bonds is 6. The van der Waals surface area contributed by atoms with Gasteiger partial charge in [-0.3, -0.25) is 4.79 Å². The van der Waals surface area contributed by atoms with Gasteiger partial charge in [0.25, 0.3) is 0 Å².